The molecule has 0 saturated carbocycles. The van der Waals surface area contributed by atoms with Crippen molar-refractivity contribution in [2.75, 3.05) is 7.05 Å². The number of hydrogen-bond donors (Lipinski definition) is 1. The van der Waals surface area contributed by atoms with E-state index < -0.39 is 29.4 Å². The molecule has 1 rings (SSSR count). The topological polar surface area (TPSA) is 55.4 Å². The van der Waals surface area contributed by atoms with Crippen LogP contribution in [0.1, 0.15) is 90.8 Å². The number of carbonyl (C=O) groups excluding carboxylic acids is 1. The van der Waals surface area contributed by atoms with Crippen LogP contribution in [-0.2, 0) is 17.1 Å². The van der Waals surface area contributed by atoms with Crippen molar-refractivity contribution in [3.63, 3.8) is 0 Å². The maximum absolute atomic E-state index is 13.4. The Hall–Kier alpha value is -3.43. The highest BCUT2D eigenvalue weighted by atomic mass is 19.4. The molecule has 0 saturated heterocycles. The standard InChI is InChI=1S/C15H22FNO.C11H9F6N.C6H12/c1-5-8-14(15(17)18)12(9-11(4)6-2)10-13(16)7-3;1-6(18-2)7-3-8(10(12,13)14)5-9(4-7)11(15,16)17;1-3-5-6-4-2/h7-10H,5-6H2,1-4H3,(H2,17,18);3-5H,1-2H3;3,5H,4,6H2,1-2H3/b11-9?,12-10+,13-7+,14-8+;;5-3+. The molecule has 3 nitrogen and oxygen atoms in total. The molecule has 0 bridgehead atoms. The van der Waals surface area contributed by atoms with Crippen LogP contribution >= 0.6 is 0 Å². The molecule has 1 aromatic carbocycles. The highest BCUT2D eigenvalue weighted by Crippen LogP contribution is 2.36. The van der Waals surface area contributed by atoms with Crippen LogP contribution in [0.5, 0.6) is 0 Å². The molecule has 0 spiro atoms. The molecule has 236 valence electrons. The third-order valence-electron chi connectivity index (χ3n) is 5.55. The molecule has 0 aliphatic rings. The van der Waals surface area contributed by atoms with Crippen LogP contribution in [0, 0.1) is 0 Å². The third-order valence-corrected chi connectivity index (χ3v) is 5.55. The van der Waals surface area contributed by atoms with E-state index in [1.54, 1.807) is 19.1 Å². The largest absolute Gasteiger partial charge is 0.416 e. The number of allylic oxidation sites excluding steroid dienone is 8. The Bertz CT molecular complexity index is 1130. The number of carbonyl (C=O) groups is 1. The Balaban J connectivity index is 0. The minimum atomic E-state index is -4.83. The van der Waals surface area contributed by atoms with Gasteiger partial charge in [0.1, 0.15) is 5.83 Å². The van der Waals surface area contributed by atoms with Gasteiger partial charge in [0.15, 0.2) is 0 Å². The summed E-state index contributed by atoms with van der Waals surface area (Å²) >= 11 is 0. The Morgan fingerprint density at radius 2 is 1.45 bits per heavy atom. The Kier molecular flexibility index (Phi) is 19.8. The fraction of sp³-hybridized carbons (Fsp3) is 0.438. The lowest BCUT2D eigenvalue weighted by molar-refractivity contribution is -0.143. The van der Waals surface area contributed by atoms with Crippen LogP contribution in [0.15, 0.2) is 82.2 Å². The van der Waals surface area contributed by atoms with Gasteiger partial charge in [-0.15, -0.1) is 0 Å². The number of nitrogens with two attached hydrogens (primary N) is 1. The monoisotopic (exact) mass is 604 g/mol. The molecular formula is C32H43F7N2O. The van der Waals surface area contributed by atoms with Gasteiger partial charge in [0.05, 0.1) is 11.1 Å². The lowest BCUT2D eigenvalue weighted by atomic mass is 10.00. The first-order chi connectivity index (χ1) is 19.4. The molecule has 42 heavy (non-hydrogen) atoms. The summed E-state index contributed by atoms with van der Waals surface area (Å²) in [5, 5.41) is 0. The zero-order chi connectivity index (χ0) is 33.1. The maximum Gasteiger partial charge on any atom is 0.416 e. The third kappa shape index (κ3) is 16.7. The van der Waals surface area contributed by atoms with E-state index in [4.69, 9.17) is 5.73 Å². The van der Waals surface area contributed by atoms with Gasteiger partial charge in [0.2, 0.25) is 5.91 Å². The van der Waals surface area contributed by atoms with E-state index in [2.05, 4.69) is 31.0 Å². The van der Waals surface area contributed by atoms with E-state index in [1.165, 1.54) is 39.0 Å². The molecule has 0 fully saturated rings. The van der Waals surface area contributed by atoms with Crippen LogP contribution in [0.4, 0.5) is 30.7 Å². The van der Waals surface area contributed by atoms with Crippen LogP contribution in [-0.4, -0.2) is 18.7 Å². The van der Waals surface area contributed by atoms with Crippen molar-refractivity contribution in [1.82, 2.24) is 0 Å². The number of hydrogen-bond acceptors (Lipinski definition) is 2. The van der Waals surface area contributed by atoms with Gasteiger partial charge in [-0.3, -0.25) is 9.79 Å². The molecule has 0 aliphatic carbocycles. The average molecular weight is 605 g/mol. The molecule has 1 amide bonds. The predicted octanol–water partition coefficient (Wildman–Crippen LogP) is 10.5. The normalized spacial score (nSPS) is 13.8. The number of primary amides is 1. The summed E-state index contributed by atoms with van der Waals surface area (Å²) in [7, 11) is 1.29. The van der Waals surface area contributed by atoms with Gasteiger partial charge in [-0.05, 0) is 82.4 Å². The molecule has 0 radical (unpaired) electrons. The first-order valence-electron chi connectivity index (χ1n) is 13.5. The molecular weight excluding hydrogens is 561 g/mol. The number of alkyl halides is 6. The smallest absolute Gasteiger partial charge is 0.366 e. The van der Waals surface area contributed by atoms with Crippen molar-refractivity contribution in [2.45, 2.75) is 86.5 Å². The van der Waals surface area contributed by atoms with E-state index >= 15 is 0 Å². The summed E-state index contributed by atoms with van der Waals surface area (Å²) in [6, 6.07) is 1.39. The molecule has 0 aromatic heterocycles. The second-order valence-corrected chi connectivity index (χ2v) is 8.97. The van der Waals surface area contributed by atoms with Crippen LogP contribution in [0.2, 0.25) is 0 Å². The second kappa shape index (κ2) is 20.4. The Morgan fingerprint density at radius 3 is 1.76 bits per heavy atom. The quantitative estimate of drug-likeness (QED) is 0.0985. The summed E-state index contributed by atoms with van der Waals surface area (Å²) in [4.78, 5) is 15.0. The van der Waals surface area contributed by atoms with Crippen LogP contribution in [0.3, 0.4) is 0 Å². The van der Waals surface area contributed by atoms with E-state index in [-0.39, 0.29) is 23.2 Å². The van der Waals surface area contributed by atoms with Crippen molar-refractivity contribution in [1.29, 1.82) is 0 Å². The fourth-order valence-corrected chi connectivity index (χ4v) is 2.99. The van der Waals surface area contributed by atoms with Gasteiger partial charge >= 0.3 is 12.4 Å². The number of nitrogens with zero attached hydrogens (tertiary/aromatic N) is 1. The molecule has 2 N–H and O–H groups in total. The fourth-order valence-electron chi connectivity index (χ4n) is 2.99. The number of amides is 1. The van der Waals surface area contributed by atoms with Crippen LogP contribution in [0.25, 0.3) is 0 Å². The van der Waals surface area contributed by atoms with Gasteiger partial charge in [0.25, 0.3) is 0 Å². The molecule has 0 heterocycles. The SMILES string of the molecule is C/C=C/CCC.CN=C(C)c1cc(C(F)(F)F)cc(C(F)(F)F)c1.C\C=C(F)/C=C(C=C(C)CC)/C(=C\CC)C(N)=O. The zero-order valence-electron chi connectivity index (χ0n) is 25.6. The average Bonchev–Trinajstić information content (AvgIpc) is 2.93. The number of benzene rings is 1. The van der Waals surface area contributed by atoms with Crippen molar-refractivity contribution >= 4 is 11.6 Å². The second-order valence-electron chi connectivity index (χ2n) is 8.97. The zero-order valence-corrected chi connectivity index (χ0v) is 25.6. The first-order valence-corrected chi connectivity index (χ1v) is 13.5. The lowest BCUT2D eigenvalue weighted by Crippen LogP contribution is -2.15. The summed E-state index contributed by atoms with van der Waals surface area (Å²) in [5.74, 6) is -0.916. The number of aliphatic imine (C=N–C) groups is 1. The minimum absolute atomic E-state index is 0.0897. The minimum Gasteiger partial charge on any atom is -0.366 e. The molecule has 10 heteroatoms. The van der Waals surface area contributed by atoms with Crippen molar-refractivity contribution in [3.05, 3.63) is 93.9 Å². The molecule has 0 unspecified atom stereocenters. The maximum atomic E-state index is 13.4. The number of unbranched alkanes of at least 4 members (excludes halogenated alkanes) is 1. The highest BCUT2D eigenvalue weighted by Gasteiger charge is 2.37. The van der Waals surface area contributed by atoms with E-state index in [1.807, 2.05) is 20.8 Å². The van der Waals surface area contributed by atoms with Gasteiger partial charge in [-0.25, -0.2) is 4.39 Å². The first kappa shape index (κ1) is 40.7. The van der Waals surface area contributed by atoms with Gasteiger partial charge in [-0.1, -0.05) is 63.1 Å². The van der Waals surface area contributed by atoms with Crippen molar-refractivity contribution in [3.8, 4) is 0 Å². The number of halogens is 7. The molecule has 0 aliphatic heterocycles. The number of rotatable bonds is 9. The summed E-state index contributed by atoms with van der Waals surface area (Å²) < 4.78 is 88.4. The summed E-state index contributed by atoms with van der Waals surface area (Å²) in [6.07, 6.45) is 4.83. The van der Waals surface area contributed by atoms with Gasteiger partial charge in [0, 0.05) is 18.3 Å². The highest BCUT2D eigenvalue weighted by molar-refractivity contribution is 5.99. The van der Waals surface area contributed by atoms with Crippen molar-refractivity contribution in [2.24, 2.45) is 10.7 Å². The van der Waals surface area contributed by atoms with E-state index in [0.717, 1.165) is 12.0 Å². The van der Waals surface area contributed by atoms with Gasteiger partial charge < -0.3 is 5.73 Å². The summed E-state index contributed by atoms with van der Waals surface area (Å²) in [5.41, 5.74) is 4.53. The Morgan fingerprint density at radius 1 is 0.929 bits per heavy atom. The van der Waals surface area contributed by atoms with Gasteiger partial charge in [-0.2, -0.15) is 26.3 Å². The lowest BCUT2D eigenvalue weighted by Gasteiger charge is -2.14. The molecule has 0 atom stereocenters. The predicted molar refractivity (Wildman–Crippen MR) is 159 cm³/mol. The molecule has 1 aromatic rings. The van der Waals surface area contributed by atoms with E-state index in [9.17, 15) is 35.5 Å². The Labute approximate surface area is 245 Å². The van der Waals surface area contributed by atoms with E-state index in [0.29, 0.717) is 29.7 Å². The summed E-state index contributed by atoms with van der Waals surface area (Å²) in [6.45, 7) is 13.0. The van der Waals surface area contributed by atoms with Crippen LogP contribution < -0.4 is 5.73 Å². The van der Waals surface area contributed by atoms with Crippen molar-refractivity contribution < 1.29 is 35.5 Å².